The summed E-state index contributed by atoms with van der Waals surface area (Å²) < 4.78 is 59.7. The molecule has 0 spiro atoms. The highest BCUT2D eigenvalue weighted by Crippen LogP contribution is 2.29. The zero-order valence-electron chi connectivity index (χ0n) is 35.5. The van der Waals surface area contributed by atoms with Crippen LogP contribution in [-0.2, 0) is 62.3 Å². The summed E-state index contributed by atoms with van der Waals surface area (Å²) >= 11 is 0. The first-order valence-corrected chi connectivity index (χ1v) is 21.8. The third-order valence-electron chi connectivity index (χ3n) is 10.6. The number of unbranched alkanes of at least 4 members (excludes halogenated alkanes) is 1. The van der Waals surface area contributed by atoms with Crippen molar-refractivity contribution >= 4 is 45.9 Å². The summed E-state index contributed by atoms with van der Waals surface area (Å²) in [7, 11) is -5.21. The maximum Gasteiger partial charge on any atom is 0.397 e. The van der Waals surface area contributed by atoms with Crippen molar-refractivity contribution in [3.63, 3.8) is 0 Å². The molecule has 3 heterocycles. The standard InChI is InChI=1S/C35H61N7O22S/c1-13(60-34-24(37-14(2)47)27(50)26(49)21(11-45)62-34)23(32(54)41-19(10-44)33(55)56)42-30(52)16(6-4-5-7-36)40-31(53)17-8-20(18(9-43)39-17)61-35-25(38-15(3)48)28(51)29(22(12-46)63-35)64-65(57,58)59/h13,16-29,34-35,39,43-46,49-51H,4-12,36H2,1-3H3,(H,37,47)(H,38,48)(H,40,53)(H,41,54)(H,42,52)(H,55,56)(H,57,58,59)/t13?,16-,17?,18?,19-,20?,21+,22+,23?,24+,25+,26+,27+,28+,29+,34+,35+/m0/s1. The third kappa shape index (κ3) is 15.6. The SMILES string of the molecule is CC(=O)N[C@H]1[C@H](OC2CC(C(=O)N[C@@H](CCCCN)C(=O)NC(C(=O)N[C@@H](CO)C(=O)O)C(C)O[C@@H]3O[C@H](CO)[C@@H](O)[C@H](O)[C@H]3NC(C)=O)NC2CO)O[C@H](CO)[C@@H](OS(=O)(=O)O)[C@@H]1O. The van der Waals surface area contributed by atoms with Gasteiger partial charge < -0.3 is 92.1 Å². The first-order chi connectivity index (χ1) is 30.5. The van der Waals surface area contributed by atoms with E-state index in [0.717, 1.165) is 13.8 Å². The van der Waals surface area contributed by atoms with Crippen LogP contribution in [0.15, 0.2) is 0 Å². The van der Waals surface area contributed by atoms with Crippen LogP contribution in [0.1, 0.15) is 46.5 Å². The van der Waals surface area contributed by atoms with Gasteiger partial charge in [0.15, 0.2) is 12.6 Å². The second kappa shape index (κ2) is 25.3. The third-order valence-corrected chi connectivity index (χ3v) is 11.1. The van der Waals surface area contributed by atoms with Gasteiger partial charge >= 0.3 is 16.4 Å². The molecule has 5 unspecified atom stereocenters. The second-order valence-electron chi connectivity index (χ2n) is 15.5. The van der Waals surface area contributed by atoms with Gasteiger partial charge in [-0.05, 0) is 39.2 Å². The fourth-order valence-electron chi connectivity index (χ4n) is 7.34. The molecule has 374 valence electrons. The Morgan fingerprint density at radius 1 is 0.800 bits per heavy atom. The van der Waals surface area contributed by atoms with Crippen molar-refractivity contribution in [2.45, 2.75) is 150 Å². The number of hydrogen-bond acceptors (Lipinski definition) is 22. The van der Waals surface area contributed by atoms with E-state index < -0.39 is 176 Å². The van der Waals surface area contributed by atoms with Crippen LogP contribution in [0, 0.1) is 0 Å². The lowest BCUT2D eigenvalue weighted by Gasteiger charge is -2.44. The van der Waals surface area contributed by atoms with Gasteiger partial charge in [0.1, 0.15) is 66.8 Å². The van der Waals surface area contributed by atoms with Gasteiger partial charge in [-0.15, -0.1) is 0 Å². The van der Waals surface area contributed by atoms with Crippen LogP contribution in [-0.4, -0.2) is 226 Å². The maximum absolute atomic E-state index is 14.1. The topological polar surface area (TPSA) is 463 Å². The highest BCUT2D eigenvalue weighted by Gasteiger charge is 2.51. The van der Waals surface area contributed by atoms with Crippen LogP contribution in [0.4, 0.5) is 0 Å². The minimum Gasteiger partial charge on any atom is -0.480 e. The van der Waals surface area contributed by atoms with E-state index >= 15 is 0 Å². The quantitative estimate of drug-likeness (QED) is 0.0315. The number of nitrogens with one attached hydrogen (secondary N) is 6. The first-order valence-electron chi connectivity index (χ1n) is 20.4. The van der Waals surface area contributed by atoms with E-state index in [1.54, 1.807) is 0 Å². The minimum absolute atomic E-state index is 0.108. The highest BCUT2D eigenvalue weighted by molar-refractivity contribution is 7.80. The van der Waals surface area contributed by atoms with Crippen molar-refractivity contribution < 1.29 is 106 Å². The first kappa shape index (κ1) is 55.5. The number of ether oxygens (including phenoxy) is 4. The number of carbonyl (C=O) groups excluding carboxylic acids is 5. The number of hydrogen-bond donors (Lipinski definition) is 16. The summed E-state index contributed by atoms with van der Waals surface area (Å²) in [6.07, 6.45) is -16.5. The number of carboxylic acid groups (broad SMARTS) is 1. The summed E-state index contributed by atoms with van der Waals surface area (Å²) in [5, 5.41) is 95.6. The smallest absolute Gasteiger partial charge is 0.397 e. The average Bonchev–Trinajstić information content (AvgIpc) is 3.65. The fraction of sp³-hybridized carbons (Fsp3) is 0.829. The van der Waals surface area contributed by atoms with Crippen LogP contribution >= 0.6 is 0 Å². The molecule has 0 aliphatic carbocycles. The molecule has 3 saturated heterocycles. The molecule has 3 aliphatic heterocycles. The maximum atomic E-state index is 14.1. The predicted molar refractivity (Wildman–Crippen MR) is 212 cm³/mol. The van der Waals surface area contributed by atoms with Crippen molar-refractivity contribution in [1.29, 1.82) is 0 Å². The fourth-order valence-corrected chi connectivity index (χ4v) is 7.86. The lowest BCUT2D eigenvalue weighted by molar-refractivity contribution is -0.281. The molecule has 29 nitrogen and oxygen atoms in total. The van der Waals surface area contributed by atoms with E-state index in [1.165, 1.54) is 6.92 Å². The number of carboxylic acids is 1. The second-order valence-corrected chi connectivity index (χ2v) is 16.6. The van der Waals surface area contributed by atoms with Gasteiger partial charge in [0, 0.05) is 13.8 Å². The van der Waals surface area contributed by atoms with E-state index in [4.69, 9.17) is 24.7 Å². The summed E-state index contributed by atoms with van der Waals surface area (Å²) in [5.41, 5.74) is 5.66. The summed E-state index contributed by atoms with van der Waals surface area (Å²) in [5.74, 6) is -6.29. The van der Waals surface area contributed by atoms with Crippen LogP contribution in [0.3, 0.4) is 0 Å². The monoisotopic (exact) mass is 963 g/mol. The van der Waals surface area contributed by atoms with Crippen molar-refractivity contribution in [3.05, 3.63) is 0 Å². The molecule has 65 heavy (non-hydrogen) atoms. The number of aliphatic carboxylic acids is 1. The minimum atomic E-state index is -5.21. The predicted octanol–water partition coefficient (Wildman–Crippen LogP) is -9.13. The Bertz CT molecular complexity index is 1740. The molecular weight excluding hydrogens is 902 g/mol. The lowest BCUT2D eigenvalue weighted by atomic mass is 9.96. The van der Waals surface area contributed by atoms with Gasteiger partial charge in [0.05, 0.1) is 50.7 Å². The van der Waals surface area contributed by atoms with Gasteiger partial charge in [-0.3, -0.25) is 33.8 Å². The Kier molecular flexibility index (Phi) is 21.6. The zero-order valence-corrected chi connectivity index (χ0v) is 36.3. The van der Waals surface area contributed by atoms with E-state index in [0.29, 0.717) is 6.42 Å². The molecule has 5 amide bonds. The van der Waals surface area contributed by atoms with Gasteiger partial charge in [0.2, 0.25) is 29.5 Å². The molecule has 3 aliphatic rings. The molecule has 0 bridgehead atoms. The summed E-state index contributed by atoms with van der Waals surface area (Å²) in [4.78, 5) is 77.4. The van der Waals surface area contributed by atoms with E-state index in [9.17, 15) is 82.6 Å². The van der Waals surface area contributed by atoms with Crippen LogP contribution < -0.4 is 37.6 Å². The van der Waals surface area contributed by atoms with Gasteiger partial charge in [-0.1, -0.05) is 0 Å². The molecular formula is C35H61N7O22S. The normalized spacial score (nSPS) is 32.3. The Balaban J connectivity index is 1.88. The molecule has 0 aromatic rings. The van der Waals surface area contributed by atoms with Crippen molar-refractivity contribution in [1.82, 2.24) is 31.9 Å². The molecule has 0 saturated carbocycles. The zero-order chi connectivity index (χ0) is 48.9. The number of amides is 5. The van der Waals surface area contributed by atoms with Crippen LogP contribution in [0.5, 0.6) is 0 Å². The molecule has 3 rings (SSSR count). The molecule has 0 radical (unpaired) electrons. The van der Waals surface area contributed by atoms with Crippen LogP contribution in [0.25, 0.3) is 0 Å². The van der Waals surface area contributed by atoms with Crippen molar-refractivity contribution in [2.75, 3.05) is 33.0 Å². The molecule has 30 heteroatoms. The Hall–Kier alpha value is -3.83. The summed E-state index contributed by atoms with van der Waals surface area (Å²) in [6, 6.07) is -10.7. The Labute approximate surface area is 371 Å². The van der Waals surface area contributed by atoms with Gasteiger partial charge in [0.25, 0.3) is 0 Å². The molecule has 3 fully saturated rings. The average molecular weight is 964 g/mol. The number of rotatable bonds is 24. The van der Waals surface area contributed by atoms with E-state index in [1.807, 2.05) is 5.32 Å². The highest BCUT2D eigenvalue weighted by atomic mass is 32.3. The van der Waals surface area contributed by atoms with Crippen LogP contribution in [0.2, 0.25) is 0 Å². The largest absolute Gasteiger partial charge is 0.480 e. The van der Waals surface area contributed by atoms with E-state index in [-0.39, 0.29) is 25.8 Å². The van der Waals surface area contributed by atoms with E-state index in [2.05, 4.69) is 30.8 Å². The van der Waals surface area contributed by atoms with Crippen molar-refractivity contribution in [3.8, 4) is 0 Å². The molecule has 17 atom stereocenters. The van der Waals surface area contributed by atoms with Gasteiger partial charge in [-0.2, -0.15) is 8.42 Å². The summed E-state index contributed by atoms with van der Waals surface area (Å²) in [6.45, 7) is -0.108. The molecule has 0 aromatic carbocycles. The Morgan fingerprint density at radius 2 is 1.40 bits per heavy atom. The number of aliphatic hydroxyl groups excluding tert-OH is 7. The number of nitrogens with two attached hydrogens (primary N) is 1. The van der Waals surface area contributed by atoms with Gasteiger partial charge in [-0.25, -0.2) is 8.98 Å². The Morgan fingerprint density at radius 3 is 1.92 bits per heavy atom. The van der Waals surface area contributed by atoms with Crippen molar-refractivity contribution in [2.24, 2.45) is 5.73 Å². The number of carbonyl (C=O) groups is 6. The molecule has 17 N–H and O–H groups in total. The number of aliphatic hydroxyl groups is 7. The molecule has 0 aromatic heterocycles. The lowest BCUT2D eigenvalue weighted by Crippen LogP contribution is -2.66.